The number of hydrogen-bond acceptors (Lipinski definition) is 4. The fourth-order valence-corrected chi connectivity index (χ4v) is 4.05. The number of nitrogens with one attached hydrogen (secondary N) is 1. The van der Waals surface area contributed by atoms with Crippen molar-refractivity contribution >= 4 is 5.91 Å². The summed E-state index contributed by atoms with van der Waals surface area (Å²) in [5.74, 6) is 1.31. The molecule has 5 heteroatoms. The van der Waals surface area contributed by atoms with Gasteiger partial charge in [-0.2, -0.15) is 0 Å². The molecule has 5 nitrogen and oxygen atoms in total. The number of carbonyl (C=O) groups excluding carboxylic acids is 1. The lowest BCUT2D eigenvalue weighted by Gasteiger charge is -2.40. The zero-order valence-corrected chi connectivity index (χ0v) is 18.2. The zero-order chi connectivity index (χ0) is 20.9. The fourth-order valence-electron chi connectivity index (χ4n) is 4.05. The fraction of sp³-hybridized carbons (Fsp3) is 0.542. The van der Waals surface area contributed by atoms with Crippen LogP contribution in [0.4, 0.5) is 0 Å². The highest BCUT2D eigenvalue weighted by molar-refractivity contribution is 5.77. The maximum absolute atomic E-state index is 12.8. The van der Waals surface area contributed by atoms with E-state index in [0.717, 1.165) is 50.4 Å². The Labute approximate surface area is 175 Å². The van der Waals surface area contributed by atoms with Crippen molar-refractivity contribution in [3.8, 4) is 0 Å². The van der Waals surface area contributed by atoms with Crippen LogP contribution in [0.15, 0.2) is 36.5 Å². The standard InChI is InChI=1S/C24H34N4O/c1-5-20(21-8-6-18(2)7-9-21)16-23(29)27-24(4)11-14-28(15-12-24)17-22-25-13-10-19(3)26-22/h6-10,13,20H,5,11-12,14-17H2,1-4H3,(H,27,29). The molecule has 29 heavy (non-hydrogen) atoms. The van der Waals surface area contributed by atoms with E-state index in [-0.39, 0.29) is 17.4 Å². The molecular formula is C24H34N4O. The molecule has 2 heterocycles. The van der Waals surface area contributed by atoms with E-state index < -0.39 is 0 Å². The first kappa shape index (κ1) is 21.4. The summed E-state index contributed by atoms with van der Waals surface area (Å²) in [5, 5.41) is 3.34. The van der Waals surface area contributed by atoms with Crippen molar-refractivity contribution in [1.82, 2.24) is 20.2 Å². The average Bonchev–Trinajstić information content (AvgIpc) is 2.69. The molecule has 1 amide bonds. The molecule has 0 bridgehead atoms. The van der Waals surface area contributed by atoms with Gasteiger partial charge in [0, 0.05) is 36.9 Å². The minimum atomic E-state index is -0.132. The molecule has 2 aromatic rings. The molecule has 1 aromatic carbocycles. The quantitative estimate of drug-likeness (QED) is 0.766. The van der Waals surface area contributed by atoms with E-state index in [2.05, 4.69) is 65.2 Å². The highest BCUT2D eigenvalue weighted by Gasteiger charge is 2.32. The molecule has 3 rings (SSSR count). The van der Waals surface area contributed by atoms with Crippen molar-refractivity contribution in [2.24, 2.45) is 0 Å². The number of aryl methyl sites for hydroxylation is 2. The minimum absolute atomic E-state index is 0.132. The van der Waals surface area contributed by atoms with E-state index in [4.69, 9.17) is 0 Å². The summed E-state index contributed by atoms with van der Waals surface area (Å²) in [7, 11) is 0. The summed E-state index contributed by atoms with van der Waals surface area (Å²) in [6, 6.07) is 10.5. The number of nitrogens with zero attached hydrogens (tertiary/aromatic N) is 3. The van der Waals surface area contributed by atoms with Gasteiger partial charge in [0.25, 0.3) is 0 Å². The largest absolute Gasteiger partial charge is 0.351 e. The van der Waals surface area contributed by atoms with Gasteiger partial charge in [-0.25, -0.2) is 9.97 Å². The Morgan fingerprint density at radius 3 is 2.48 bits per heavy atom. The van der Waals surface area contributed by atoms with Gasteiger partial charge in [-0.1, -0.05) is 36.8 Å². The van der Waals surface area contributed by atoms with Crippen LogP contribution < -0.4 is 5.32 Å². The summed E-state index contributed by atoms with van der Waals surface area (Å²) in [6.07, 6.45) is 5.25. The predicted molar refractivity (Wildman–Crippen MR) is 117 cm³/mol. The predicted octanol–water partition coefficient (Wildman–Crippen LogP) is 4.15. The highest BCUT2D eigenvalue weighted by Crippen LogP contribution is 2.26. The third-order valence-electron chi connectivity index (χ3n) is 6.08. The van der Waals surface area contributed by atoms with Gasteiger partial charge in [0.1, 0.15) is 5.82 Å². The Hall–Kier alpha value is -2.27. The summed E-state index contributed by atoms with van der Waals surface area (Å²) >= 11 is 0. The first-order chi connectivity index (χ1) is 13.9. The van der Waals surface area contributed by atoms with Crippen molar-refractivity contribution < 1.29 is 4.79 Å². The normalized spacial score (nSPS) is 17.7. The molecule has 1 aromatic heterocycles. The SMILES string of the molecule is CCC(CC(=O)NC1(C)CCN(Cc2nccc(C)n2)CC1)c1ccc(C)cc1. The van der Waals surface area contributed by atoms with Crippen molar-refractivity contribution in [2.45, 2.75) is 71.4 Å². The molecule has 1 saturated heterocycles. The van der Waals surface area contributed by atoms with Crippen LogP contribution in [0.25, 0.3) is 0 Å². The van der Waals surface area contributed by atoms with Crippen LogP contribution in [0.1, 0.15) is 68.1 Å². The lowest BCUT2D eigenvalue weighted by molar-refractivity contribution is -0.123. The number of benzene rings is 1. The second-order valence-electron chi connectivity index (χ2n) is 8.72. The number of rotatable bonds is 7. The lowest BCUT2D eigenvalue weighted by atomic mass is 9.88. The van der Waals surface area contributed by atoms with Gasteiger partial charge in [0.05, 0.1) is 6.54 Å². The molecule has 1 unspecified atom stereocenters. The summed E-state index contributed by atoms with van der Waals surface area (Å²) in [4.78, 5) is 24.0. The number of likely N-dealkylation sites (tertiary alicyclic amines) is 1. The molecule has 0 aliphatic carbocycles. The van der Waals surface area contributed by atoms with E-state index in [1.165, 1.54) is 11.1 Å². The van der Waals surface area contributed by atoms with Gasteiger partial charge in [-0.3, -0.25) is 9.69 Å². The minimum Gasteiger partial charge on any atom is -0.351 e. The molecule has 1 aliphatic rings. The molecule has 0 spiro atoms. The van der Waals surface area contributed by atoms with Gasteiger partial charge in [-0.05, 0) is 57.6 Å². The summed E-state index contributed by atoms with van der Waals surface area (Å²) in [6.45, 7) is 11.1. The van der Waals surface area contributed by atoms with Crippen LogP contribution in [0.5, 0.6) is 0 Å². The lowest BCUT2D eigenvalue weighted by Crippen LogP contribution is -2.53. The third kappa shape index (κ3) is 6.10. The summed E-state index contributed by atoms with van der Waals surface area (Å²) < 4.78 is 0. The number of amides is 1. The molecule has 156 valence electrons. The van der Waals surface area contributed by atoms with Crippen molar-refractivity contribution in [2.75, 3.05) is 13.1 Å². The van der Waals surface area contributed by atoms with E-state index in [1.807, 2.05) is 19.2 Å². The first-order valence-electron chi connectivity index (χ1n) is 10.8. The Bertz CT molecular complexity index is 810. The smallest absolute Gasteiger partial charge is 0.221 e. The first-order valence-corrected chi connectivity index (χ1v) is 10.8. The Morgan fingerprint density at radius 2 is 1.86 bits per heavy atom. The van der Waals surface area contributed by atoms with Crippen LogP contribution in [-0.2, 0) is 11.3 Å². The van der Waals surface area contributed by atoms with E-state index in [1.54, 1.807) is 0 Å². The van der Waals surface area contributed by atoms with Crippen molar-refractivity contribution in [1.29, 1.82) is 0 Å². The second kappa shape index (κ2) is 9.49. The number of aromatic nitrogens is 2. The van der Waals surface area contributed by atoms with Gasteiger partial charge in [0.2, 0.25) is 5.91 Å². The second-order valence-corrected chi connectivity index (χ2v) is 8.72. The molecule has 0 saturated carbocycles. The number of piperidine rings is 1. The van der Waals surface area contributed by atoms with Crippen molar-refractivity contribution in [3.63, 3.8) is 0 Å². The van der Waals surface area contributed by atoms with Gasteiger partial charge in [0.15, 0.2) is 0 Å². The summed E-state index contributed by atoms with van der Waals surface area (Å²) in [5.41, 5.74) is 3.38. The monoisotopic (exact) mass is 394 g/mol. The Morgan fingerprint density at radius 1 is 1.17 bits per heavy atom. The van der Waals surface area contributed by atoms with E-state index in [9.17, 15) is 4.79 Å². The number of hydrogen-bond donors (Lipinski definition) is 1. The highest BCUT2D eigenvalue weighted by atomic mass is 16.1. The van der Waals surface area contributed by atoms with Crippen LogP contribution in [0.3, 0.4) is 0 Å². The van der Waals surface area contributed by atoms with Gasteiger partial charge in [-0.15, -0.1) is 0 Å². The van der Waals surface area contributed by atoms with E-state index in [0.29, 0.717) is 6.42 Å². The van der Waals surface area contributed by atoms with Crippen LogP contribution in [-0.4, -0.2) is 39.4 Å². The number of carbonyl (C=O) groups is 1. The van der Waals surface area contributed by atoms with Crippen LogP contribution in [0.2, 0.25) is 0 Å². The Balaban J connectivity index is 1.50. The molecular weight excluding hydrogens is 360 g/mol. The Kier molecular flexibility index (Phi) is 7.01. The van der Waals surface area contributed by atoms with Crippen molar-refractivity contribution in [3.05, 3.63) is 59.2 Å². The maximum atomic E-state index is 12.8. The molecule has 1 N–H and O–H groups in total. The van der Waals surface area contributed by atoms with Crippen LogP contribution >= 0.6 is 0 Å². The molecule has 1 fully saturated rings. The third-order valence-corrected chi connectivity index (χ3v) is 6.08. The molecule has 1 atom stereocenters. The topological polar surface area (TPSA) is 58.1 Å². The van der Waals surface area contributed by atoms with Gasteiger partial charge >= 0.3 is 0 Å². The maximum Gasteiger partial charge on any atom is 0.221 e. The van der Waals surface area contributed by atoms with Gasteiger partial charge < -0.3 is 5.32 Å². The van der Waals surface area contributed by atoms with Crippen LogP contribution in [0, 0.1) is 13.8 Å². The molecule has 1 aliphatic heterocycles. The average molecular weight is 395 g/mol. The zero-order valence-electron chi connectivity index (χ0n) is 18.2. The van der Waals surface area contributed by atoms with E-state index >= 15 is 0 Å². The molecule has 0 radical (unpaired) electrons.